The summed E-state index contributed by atoms with van der Waals surface area (Å²) in [6, 6.07) is 7.02. The van der Waals surface area contributed by atoms with Crippen molar-refractivity contribution in [2.24, 2.45) is 5.92 Å². The molecule has 1 aliphatic rings. The standard InChI is InChI=1S/C19H25N3O4S/c1-14(2)12-27(25,26)15-7-9-21(10-8-15)18(23)11-22-13-20-17-6-4-3-5-16(17)19(22)24/h3-6,13-15H,7-12H2,1-2H3. The molecule has 2 heterocycles. The normalized spacial score (nSPS) is 16.2. The Morgan fingerprint density at radius 2 is 1.89 bits per heavy atom. The Balaban J connectivity index is 1.65. The van der Waals surface area contributed by atoms with Gasteiger partial charge in [0.15, 0.2) is 9.84 Å². The van der Waals surface area contributed by atoms with E-state index in [-0.39, 0.29) is 34.9 Å². The van der Waals surface area contributed by atoms with Crippen molar-refractivity contribution in [1.82, 2.24) is 14.5 Å². The van der Waals surface area contributed by atoms with Crippen molar-refractivity contribution in [3.8, 4) is 0 Å². The number of carbonyl (C=O) groups is 1. The number of fused-ring (bicyclic) bond motifs is 1. The van der Waals surface area contributed by atoms with Gasteiger partial charge >= 0.3 is 0 Å². The van der Waals surface area contributed by atoms with Crippen LogP contribution < -0.4 is 5.56 Å². The third-order valence-corrected chi connectivity index (χ3v) is 7.52. The summed E-state index contributed by atoms with van der Waals surface area (Å²) in [6.07, 6.45) is 2.29. The van der Waals surface area contributed by atoms with Crippen LogP contribution in [0, 0.1) is 5.92 Å². The third kappa shape index (κ3) is 4.37. The molecule has 0 saturated carbocycles. The largest absolute Gasteiger partial charge is 0.341 e. The molecule has 1 amide bonds. The fraction of sp³-hybridized carbons (Fsp3) is 0.526. The molecule has 0 atom stereocenters. The van der Waals surface area contributed by atoms with Gasteiger partial charge in [-0.2, -0.15) is 0 Å². The van der Waals surface area contributed by atoms with Crippen LogP contribution in [-0.2, 0) is 21.2 Å². The Morgan fingerprint density at radius 3 is 2.56 bits per heavy atom. The molecular formula is C19H25N3O4S. The van der Waals surface area contributed by atoms with Gasteiger partial charge < -0.3 is 4.90 Å². The van der Waals surface area contributed by atoms with E-state index in [9.17, 15) is 18.0 Å². The topological polar surface area (TPSA) is 89.3 Å². The van der Waals surface area contributed by atoms with Crippen LogP contribution in [0.5, 0.6) is 0 Å². The van der Waals surface area contributed by atoms with Crippen molar-refractivity contribution in [1.29, 1.82) is 0 Å². The maximum Gasteiger partial charge on any atom is 0.261 e. The van der Waals surface area contributed by atoms with Gasteiger partial charge in [-0.3, -0.25) is 14.2 Å². The van der Waals surface area contributed by atoms with Gasteiger partial charge in [0.2, 0.25) is 5.91 Å². The molecule has 1 saturated heterocycles. The van der Waals surface area contributed by atoms with Crippen molar-refractivity contribution in [2.45, 2.75) is 38.5 Å². The number of amides is 1. The highest BCUT2D eigenvalue weighted by Crippen LogP contribution is 2.20. The third-order valence-electron chi connectivity index (χ3n) is 4.91. The molecule has 1 fully saturated rings. The smallest absolute Gasteiger partial charge is 0.261 e. The maximum absolute atomic E-state index is 12.6. The first-order chi connectivity index (χ1) is 12.8. The lowest BCUT2D eigenvalue weighted by Crippen LogP contribution is -2.45. The van der Waals surface area contributed by atoms with Gasteiger partial charge in [0.1, 0.15) is 6.54 Å². The maximum atomic E-state index is 12.6. The zero-order chi connectivity index (χ0) is 19.6. The van der Waals surface area contributed by atoms with Crippen LogP contribution in [0.4, 0.5) is 0 Å². The van der Waals surface area contributed by atoms with Gasteiger partial charge in [-0.15, -0.1) is 0 Å². The minimum absolute atomic E-state index is 0.0833. The molecule has 27 heavy (non-hydrogen) atoms. The minimum atomic E-state index is -3.12. The van der Waals surface area contributed by atoms with E-state index in [1.807, 2.05) is 19.9 Å². The summed E-state index contributed by atoms with van der Waals surface area (Å²) in [5, 5.41) is 0.0975. The number of carbonyl (C=O) groups excluding carboxylic acids is 1. The molecule has 146 valence electrons. The molecule has 3 rings (SSSR count). The van der Waals surface area contributed by atoms with E-state index in [0.717, 1.165) is 0 Å². The second-order valence-corrected chi connectivity index (χ2v) is 9.82. The first-order valence-electron chi connectivity index (χ1n) is 9.21. The molecule has 0 unspecified atom stereocenters. The van der Waals surface area contributed by atoms with E-state index in [0.29, 0.717) is 36.8 Å². The molecule has 1 aliphatic heterocycles. The fourth-order valence-electron chi connectivity index (χ4n) is 3.53. The summed E-state index contributed by atoms with van der Waals surface area (Å²) in [5.74, 6) is 0.0971. The predicted molar refractivity (Wildman–Crippen MR) is 104 cm³/mol. The molecule has 2 aromatic rings. The number of nitrogens with zero attached hydrogens (tertiary/aromatic N) is 3. The van der Waals surface area contributed by atoms with Crippen LogP contribution in [0.2, 0.25) is 0 Å². The number of para-hydroxylation sites is 1. The highest BCUT2D eigenvalue weighted by molar-refractivity contribution is 7.92. The fourth-order valence-corrected chi connectivity index (χ4v) is 5.66. The lowest BCUT2D eigenvalue weighted by atomic mass is 10.1. The molecule has 0 aliphatic carbocycles. The number of sulfone groups is 1. The van der Waals surface area contributed by atoms with Crippen molar-refractivity contribution >= 4 is 26.6 Å². The highest BCUT2D eigenvalue weighted by atomic mass is 32.2. The number of hydrogen-bond donors (Lipinski definition) is 0. The van der Waals surface area contributed by atoms with Crippen molar-refractivity contribution in [3.63, 3.8) is 0 Å². The number of benzene rings is 1. The van der Waals surface area contributed by atoms with Gasteiger partial charge in [0, 0.05) is 13.1 Å². The summed E-state index contributed by atoms with van der Waals surface area (Å²) < 4.78 is 26.1. The summed E-state index contributed by atoms with van der Waals surface area (Å²) in [7, 11) is -3.12. The lowest BCUT2D eigenvalue weighted by molar-refractivity contribution is -0.132. The van der Waals surface area contributed by atoms with E-state index in [1.165, 1.54) is 10.9 Å². The Labute approximate surface area is 158 Å². The minimum Gasteiger partial charge on any atom is -0.341 e. The van der Waals surface area contributed by atoms with Gasteiger partial charge in [0.25, 0.3) is 5.56 Å². The molecule has 0 N–H and O–H groups in total. The second kappa shape index (κ2) is 7.80. The van der Waals surface area contributed by atoms with Gasteiger partial charge in [-0.25, -0.2) is 13.4 Å². The summed E-state index contributed by atoms with van der Waals surface area (Å²) >= 11 is 0. The van der Waals surface area contributed by atoms with E-state index in [2.05, 4.69) is 4.98 Å². The quantitative estimate of drug-likeness (QED) is 0.770. The number of piperidine rings is 1. The number of hydrogen-bond acceptors (Lipinski definition) is 5. The average molecular weight is 391 g/mol. The zero-order valence-electron chi connectivity index (χ0n) is 15.7. The highest BCUT2D eigenvalue weighted by Gasteiger charge is 2.31. The van der Waals surface area contributed by atoms with Crippen molar-refractivity contribution < 1.29 is 13.2 Å². The van der Waals surface area contributed by atoms with Crippen LogP contribution in [0.3, 0.4) is 0 Å². The Kier molecular flexibility index (Phi) is 5.64. The number of rotatable bonds is 5. The lowest BCUT2D eigenvalue weighted by Gasteiger charge is -2.32. The summed E-state index contributed by atoms with van der Waals surface area (Å²) in [5.41, 5.74) is 0.353. The van der Waals surface area contributed by atoms with E-state index in [1.54, 1.807) is 23.1 Å². The van der Waals surface area contributed by atoms with E-state index in [4.69, 9.17) is 0 Å². The first-order valence-corrected chi connectivity index (χ1v) is 10.9. The Morgan fingerprint density at radius 1 is 1.22 bits per heavy atom. The van der Waals surface area contributed by atoms with Crippen LogP contribution >= 0.6 is 0 Å². The van der Waals surface area contributed by atoms with E-state index >= 15 is 0 Å². The average Bonchev–Trinajstić information content (AvgIpc) is 2.63. The molecule has 0 radical (unpaired) electrons. The molecule has 0 bridgehead atoms. The first kappa shape index (κ1) is 19.5. The van der Waals surface area contributed by atoms with Crippen molar-refractivity contribution in [2.75, 3.05) is 18.8 Å². The van der Waals surface area contributed by atoms with Gasteiger partial charge in [-0.1, -0.05) is 26.0 Å². The van der Waals surface area contributed by atoms with Crippen LogP contribution in [0.15, 0.2) is 35.4 Å². The molecule has 8 heteroatoms. The van der Waals surface area contributed by atoms with Gasteiger partial charge in [-0.05, 0) is 30.9 Å². The van der Waals surface area contributed by atoms with E-state index < -0.39 is 9.84 Å². The Bertz CT molecular complexity index is 989. The number of likely N-dealkylation sites (tertiary alicyclic amines) is 1. The molecule has 1 aromatic carbocycles. The second-order valence-electron chi connectivity index (χ2n) is 7.50. The molecule has 1 aromatic heterocycles. The summed E-state index contributed by atoms with van der Waals surface area (Å²) in [6.45, 7) is 4.50. The molecule has 7 nitrogen and oxygen atoms in total. The van der Waals surface area contributed by atoms with Crippen LogP contribution in [-0.4, -0.2) is 52.9 Å². The predicted octanol–water partition coefficient (Wildman–Crippen LogP) is 1.46. The van der Waals surface area contributed by atoms with Crippen LogP contribution in [0.25, 0.3) is 10.9 Å². The monoisotopic (exact) mass is 391 g/mol. The SMILES string of the molecule is CC(C)CS(=O)(=O)C1CCN(C(=O)Cn2cnc3ccccc3c2=O)CC1. The van der Waals surface area contributed by atoms with Gasteiger partial charge in [0.05, 0.1) is 28.2 Å². The number of aromatic nitrogens is 2. The van der Waals surface area contributed by atoms with Crippen LogP contribution in [0.1, 0.15) is 26.7 Å². The molecular weight excluding hydrogens is 366 g/mol. The molecule has 0 spiro atoms. The summed E-state index contributed by atoms with van der Waals surface area (Å²) in [4.78, 5) is 31.0. The Hall–Kier alpha value is -2.22. The van der Waals surface area contributed by atoms with Crippen molar-refractivity contribution in [3.05, 3.63) is 40.9 Å². The zero-order valence-corrected chi connectivity index (χ0v) is 16.5.